The summed E-state index contributed by atoms with van der Waals surface area (Å²) in [6, 6.07) is 0.0725. The van der Waals surface area contributed by atoms with Gasteiger partial charge >= 0.3 is 0 Å². The molecule has 0 aromatic rings. The summed E-state index contributed by atoms with van der Waals surface area (Å²) in [4.78, 5) is 26.3. The van der Waals surface area contributed by atoms with Crippen LogP contribution >= 0.6 is 0 Å². The van der Waals surface area contributed by atoms with Crippen molar-refractivity contribution < 1.29 is 9.59 Å². The maximum Gasteiger partial charge on any atom is 0.225 e. The maximum atomic E-state index is 12.3. The van der Waals surface area contributed by atoms with Crippen LogP contribution in [0.4, 0.5) is 0 Å². The number of rotatable bonds is 3. The van der Waals surface area contributed by atoms with E-state index >= 15 is 0 Å². The summed E-state index contributed by atoms with van der Waals surface area (Å²) in [6.45, 7) is 15.8. The number of nitrogens with one attached hydrogen (secondary N) is 1. The fraction of sp³-hybridized carbons (Fsp3) is 0.889. The molecule has 2 atom stereocenters. The highest BCUT2D eigenvalue weighted by molar-refractivity contribution is 5.82. The zero-order valence-electron chi connectivity index (χ0n) is 15.5. The smallest absolute Gasteiger partial charge is 0.225 e. The first-order valence-corrected chi connectivity index (χ1v) is 8.51. The third kappa shape index (κ3) is 5.98. The molecule has 0 aromatic carbocycles. The lowest BCUT2D eigenvalue weighted by Gasteiger charge is -2.41. The zero-order chi connectivity index (χ0) is 17.1. The Morgan fingerprint density at radius 3 is 2.14 bits per heavy atom. The van der Waals surface area contributed by atoms with Crippen molar-refractivity contribution >= 4 is 11.8 Å². The number of nitrogens with zero attached hydrogens (tertiary/aromatic N) is 1. The average Bonchev–Trinajstić information content (AvgIpc) is 2.34. The lowest BCUT2D eigenvalue weighted by molar-refractivity contribution is -0.136. The molecule has 1 aliphatic heterocycles. The molecule has 0 aliphatic carbocycles. The van der Waals surface area contributed by atoms with Gasteiger partial charge in [-0.05, 0) is 24.2 Å². The first-order valence-electron chi connectivity index (χ1n) is 8.51. The fourth-order valence-electron chi connectivity index (χ4n) is 3.15. The second-order valence-corrected chi connectivity index (χ2v) is 8.94. The summed E-state index contributed by atoms with van der Waals surface area (Å²) in [7, 11) is 0. The van der Waals surface area contributed by atoms with Gasteiger partial charge in [0.15, 0.2) is 0 Å². The Balaban J connectivity index is 2.79. The van der Waals surface area contributed by atoms with Gasteiger partial charge in [-0.15, -0.1) is 0 Å². The van der Waals surface area contributed by atoms with Gasteiger partial charge in [0.1, 0.15) is 0 Å². The van der Waals surface area contributed by atoms with E-state index in [1.807, 2.05) is 32.6 Å². The number of carbonyl (C=O) groups is 2. The molecule has 1 rings (SSSR count). The normalized spacial score (nSPS) is 23.3. The molecule has 0 saturated carbocycles. The van der Waals surface area contributed by atoms with Crippen LogP contribution in [0, 0.1) is 16.7 Å². The van der Waals surface area contributed by atoms with Crippen LogP contribution in [0.25, 0.3) is 0 Å². The summed E-state index contributed by atoms with van der Waals surface area (Å²) in [5.74, 6) is 0.709. The Kier molecular flexibility index (Phi) is 6.05. The lowest BCUT2D eigenvalue weighted by atomic mass is 9.79. The molecule has 128 valence electrons. The largest absolute Gasteiger partial charge is 0.351 e. The van der Waals surface area contributed by atoms with Crippen LogP contribution in [-0.4, -0.2) is 35.8 Å². The van der Waals surface area contributed by atoms with Gasteiger partial charge in [0, 0.05) is 31.0 Å². The van der Waals surface area contributed by atoms with Crippen molar-refractivity contribution in [2.75, 3.05) is 13.1 Å². The van der Waals surface area contributed by atoms with Crippen molar-refractivity contribution in [2.45, 2.75) is 73.8 Å². The second-order valence-electron chi connectivity index (χ2n) is 8.94. The van der Waals surface area contributed by atoms with E-state index < -0.39 is 5.41 Å². The minimum Gasteiger partial charge on any atom is -0.351 e. The number of likely N-dealkylation sites (tertiary alicyclic amines) is 1. The molecule has 2 amide bonds. The molecule has 2 unspecified atom stereocenters. The zero-order valence-corrected chi connectivity index (χ0v) is 15.5. The molecule has 0 spiro atoms. The van der Waals surface area contributed by atoms with Crippen LogP contribution < -0.4 is 5.32 Å². The minimum absolute atomic E-state index is 0.0674. The Morgan fingerprint density at radius 2 is 1.68 bits per heavy atom. The number of piperidine rings is 1. The van der Waals surface area contributed by atoms with Crippen LogP contribution in [0.15, 0.2) is 0 Å². The van der Waals surface area contributed by atoms with Crippen molar-refractivity contribution in [1.82, 2.24) is 10.2 Å². The van der Waals surface area contributed by atoms with Crippen LogP contribution in [0.2, 0.25) is 0 Å². The van der Waals surface area contributed by atoms with E-state index in [2.05, 4.69) is 26.1 Å². The van der Waals surface area contributed by atoms with E-state index in [0.29, 0.717) is 18.9 Å². The van der Waals surface area contributed by atoms with Gasteiger partial charge < -0.3 is 10.2 Å². The quantitative estimate of drug-likeness (QED) is 0.870. The predicted octanol–water partition coefficient (Wildman–Crippen LogP) is 3.21. The average molecular weight is 310 g/mol. The number of carbonyl (C=O) groups excluding carboxylic acids is 2. The number of hydrogen-bond acceptors (Lipinski definition) is 2. The van der Waals surface area contributed by atoms with Crippen LogP contribution in [0.1, 0.15) is 67.7 Å². The van der Waals surface area contributed by atoms with Crippen molar-refractivity contribution in [2.24, 2.45) is 16.7 Å². The molecule has 0 bridgehead atoms. The molecule has 0 radical (unpaired) electrons. The second kappa shape index (κ2) is 7.01. The van der Waals surface area contributed by atoms with Crippen LogP contribution in [-0.2, 0) is 9.59 Å². The highest BCUT2D eigenvalue weighted by atomic mass is 16.2. The topological polar surface area (TPSA) is 49.4 Å². The molecule has 22 heavy (non-hydrogen) atoms. The molecule has 1 aliphatic rings. The van der Waals surface area contributed by atoms with Crippen LogP contribution in [0.3, 0.4) is 0 Å². The Bertz CT molecular complexity index is 404. The van der Waals surface area contributed by atoms with E-state index in [9.17, 15) is 9.59 Å². The Morgan fingerprint density at radius 1 is 1.09 bits per heavy atom. The highest BCUT2D eigenvalue weighted by Gasteiger charge is 2.34. The summed E-state index contributed by atoms with van der Waals surface area (Å²) >= 11 is 0. The van der Waals surface area contributed by atoms with Crippen LogP contribution in [0.5, 0.6) is 0 Å². The minimum atomic E-state index is -0.392. The number of amides is 2. The standard InChI is InChI=1S/C18H34N2O2/c1-8-15(21)20-11-13(10-17(2,3)4)9-14(12-20)19-16(22)18(5,6)7/h13-14H,8-12H2,1-7H3,(H,19,22). The highest BCUT2D eigenvalue weighted by Crippen LogP contribution is 2.30. The van der Waals surface area contributed by atoms with Gasteiger partial charge in [-0.3, -0.25) is 9.59 Å². The van der Waals surface area contributed by atoms with Gasteiger partial charge in [-0.25, -0.2) is 0 Å². The molecule has 1 fully saturated rings. The Hall–Kier alpha value is -1.06. The molecule has 1 saturated heterocycles. The summed E-state index contributed by atoms with van der Waals surface area (Å²) < 4.78 is 0. The van der Waals surface area contributed by atoms with E-state index in [4.69, 9.17) is 0 Å². The fourth-order valence-corrected chi connectivity index (χ4v) is 3.15. The van der Waals surface area contributed by atoms with Crippen molar-refractivity contribution in [1.29, 1.82) is 0 Å². The van der Waals surface area contributed by atoms with Crippen molar-refractivity contribution in [3.63, 3.8) is 0 Å². The summed E-state index contributed by atoms with van der Waals surface area (Å²) in [5, 5.41) is 3.15. The van der Waals surface area contributed by atoms with Gasteiger partial charge in [-0.1, -0.05) is 48.5 Å². The lowest BCUT2D eigenvalue weighted by Crippen LogP contribution is -2.54. The van der Waals surface area contributed by atoms with E-state index in [1.54, 1.807) is 0 Å². The van der Waals surface area contributed by atoms with E-state index in [-0.39, 0.29) is 23.3 Å². The van der Waals surface area contributed by atoms with Crippen molar-refractivity contribution in [3.05, 3.63) is 0 Å². The maximum absolute atomic E-state index is 12.3. The summed E-state index contributed by atoms with van der Waals surface area (Å²) in [5.41, 5.74) is -0.155. The Labute approximate surface area is 136 Å². The molecular weight excluding hydrogens is 276 g/mol. The third-order valence-corrected chi connectivity index (χ3v) is 4.11. The first-order chi connectivity index (χ1) is 9.92. The van der Waals surface area contributed by atoms with Crippen molar-refractivity contribution in [3.8, 4) is 0 Å². The third-order valence-electron chi connectivity index (χ3n) is 4.11. The molecule has 1 N–H and O–H groups in total. The van der Waals surface area contributed by atoms with Gasteiger partial charge in [0.25, 0.3) is 0 Å². The molecule has 1 heterocycles. The van der Waals surface area contributed by atoms with E-state index in [1.165, 1.54) is 0 Å². The SMILES string of the molecule is CCC(=O)N1CC(CC(C)(C)C)CC(NC(=O)C(C)(C)C)C1. The van der Waals surface area contributed by atoms with Gasteiger partial charge in [0.05, 0.1) is 0 Å². The molecule has 0 aromatic heterocycles. The number of hydrogen-bond donors (Lipinski definition) is 1. The molecule has 4 heteroatoms. The first kappa shape index (κ1) is 19.0. The summed E-state index contributed by atoms with van der Waals surface area (Å²) in [6.07, 6.45) is 2.57. The monoisotopic (exact) mass is 310 g/mol. The molecule has 4 nitrogen and oxygen atoms in total. The van der Waals surface area contributed by atoms with Gasteiger partial charge in [-0.2, -0.15) is 0 Å². The predicted molar refractivity (Wildman–Crippen MR) is 90.4 cm³/mol. The van der Waals surface area contributed by atoms with Gasteiger partial charge in [0.2, 0.25) is 11.8 Å². The van der Waals surface area contributed by atoms with E-state index in [0.717, 1.165) is 19.4 Å². The molecular formula is C18H34N2O2.